The predicted octanol–water partition coefficient (Wildman–Crippen LogP) is 4.57. The van der Waals surface area contributed by atoms with Crippen LogP contribution in [0.5, 0.6) is 0 Å². The first-order valence-corrected chi connectivity index (χ1v) is 20.5. The van der Waals surface area contributed by atoms with Crippen molar-refractivity contribution >= 4 is 74.3 Å². The minimum absolute atomic E-state index is 0.00165. The molecular weight excluding hydrogens is 749 g/mol. The zero-order valence-corrected chi connectivity index (χ0v) is 30.6. The summed E-state index contributed by atoms with van der Waals surface area (Å²) in [6, 6.07) is 10.0. The average molecular weight is 781 g/mol. The van der Waals surface area contributed by atoms with Gasteiger partial charge in [-0.05, 0) is 49.4 Å². The molecule has 0 aliphatic rings. The molecule has 2 N–H and O–H groups in total. The van der Waals surface area contributed by atoms with Gasteiger partial charge >= 0.3 is 0 Å². The van der Waals surface area contributed by atoms with Crippen molar-refractivity contribution in [3.63, 3.8) is 0 Å². The van der Waals surface area contributed by atoms with Crippen LogP contribution in [0.1, 0.15) is 11.1 Å². The minimum atomic E-state index is -4.95. The molecule has 0 aliphatic carbocycles. The second-order valence-electron chi connectivity index (χ2n) is 10.6. The van der Waals surface area contributed by atoms with E-state index in [0.717, 1.165) is 35.1 Å². The Labute approximate surface area is 295 Å². The van der Waals surface area contributed by atoms with Crippen LogP contribution < -0.4 is 9.80 Å². The third-order valence-electron chi connectivity index (χ3n) is 7.04. The van der Waals surface area contributed by atoms with Crippen molar-refractivity contribution < 1.29 is 42.8 Å². The van der Waals surface area contributed by atoms with Gasteiger partial charge in [-0.2, -0.15) is 32.3 Å². The van der Waals surface area contributed by atoms with Crippen LogP contribution in [-0.2, 0) is 39.9 Å². The molecular formula is C29H32N8O10S4. The molecule has 3 aromatic rings. The molecule has 0 atom stereocenters. The Morgan fingerprint density at radius 3 is 1.76 bits per heavy atom. The van der Waals surface area contributed by atoms with Crippen LogP contribution in [0, 0.1) is 18.3 Å². The van der Waals surface area contributed by atoms with E-state index < -0.39 is 44.8 Å². The van der Waals surface area contributed by atoms with Crippen LogP contribution in [0.15, 0.2) is 96.7 Å². The molecule has 2 aromatic carbocycles. The van der Waals surface area contributed by atoms with Crippen LogP contribution in [0.2, 0.25) is 0 Å². The number of benzene rings is 2. The van der Waals surface area contributed by atoms with Crippen LogP contribution in [0.4, 0.5) is 34.4 Å². The van der Waals surface area contributed by atoms with Crippen LogP contribution in [-0.4, -0.2) is 86.5 Å². The smallest absolute Gasteiger partial charge is 0.296 e. The monoisotopic (exact) mass is 780 g/mol. The van der Waals surface area contributed by atoms with E-state index in [1.807, 2.05) is 6.07 Å². The summed E-state index contributed by atoms with van der Waals surface area (Å²) in [7, 11) is -13.7. The summed E-state index contributed by atoms with van der Waals surface area (Å²) < 4.78 is 115. The van der Waals surface area contributed by atoms with Crippen molar-refractivity contribution in [3.8, 4) is 6.07 Å². The lowest BCUT2D eigenvalue weighted by Gasteiger charge is -2.25. The molecule has 0 aliphatic heterocycles. The molecule has 0 amide bonds. The lowest BCUT2D eigenvalue weighted by molar-refractivity contribution is 0.481. The summed E-state index contributed by atoms with van der Waals surface area (Å²) in [4.78, 5) is 6.22. The average Bonchev–Trinajstić information content (AvgIpc) is 3.07. The number of pyridine rings is 1. The Bertz CT molecular complexity index is 2390. The number of nitriles is 1. The van der Waals surface area contributed by atoms with Crippen molar-refractivity contribution in [2.75, 3.05) is 48.5 Å². The maximum absolute atomic E-state index is 12.4. The van der Waals surface area contributed by atoms with E-state index >= 15 is 0 Å². The molecule has 272 valence electrons. The van der Waals surface area contributed by atoms with Crippen molar-refractivity contribution in [2.24, 2.45) is 20.5 Å². The lowest BCUT2D eigenvalue weighted by Crippen LogP contribution is -2.29. The van der Waals surface area contributed by atoms with Gasteiger partial charge in [0.15, 0.2) is 25.5 Å². The van der Waals surface area contributed by atoms with Crippen molar-refractivity contribution in [1.82, 2.24) is 4.98 Å². The molecule has 51 heavy (non-hydrogen) atoms. The van der Waals surface area contributed by atoms with E-state index in [0.29, 0.717) is 0 Å². The fourth-order valence-corrected chi connectivity index (χ4v) is 6.64. The lowest BCUT2D eigenvalue weighted by atomic mass is 10.1. The van der Waals surface area contributed by atoms with Gasteiger partial charge in [0.25, 0.3) is 20.2 Å². The number of anilines is 2. The molecule has 22 heteroatoms. The molecule has 0 radical (unpaired) electrons. The van der Waals surface area contributed by atoms with Gasteiger partial charge in [0.1, 0.15) is 28.2 Å². The molecule has 0 unspecified atom stereocenters. The highest BCUT2D eigenvalue weighted by Gasteiger charge is 2.24. The Kier molecular flexibility index (Phi) is 12.7. The number of sulfone groups is 2. The summed E-state index contributed by atoms with van der Waals surface area (Å²) in [5, 5.41) is 27.6. The summed E-state index contributed by atoms with van der Waals surface area (Å²) >= 11 is 0. The van der Waals surface area contributed by atoms with Gasteiger partial charge in [-0.1, -0.05) is 13.2 Å². The minimum Gasteiger partial charge on any atom is -0.357 e. The largest absolute Gasteiger partial charge is 0.357 e. The number of nitrogens with zero attached hydrogens (tertiary/aromatic N) is 8. The quantitative estimate of drug-likeness (QED) is 0.149. The molecule has 18 nitrogen and oxygen atoms in total. The van der Waals surface area contributed by atoms with Crippen LogP contribution >= 0.6 is 0 Å². The first-order valence-electron chi connectivity index (χ1n) is 14.2. The maximum atomic E-state index is 12.4. The van der Waals surface area contributed by atoms with Gasteiger partial charge in [0.05, 0.1) is 33.3 Å². The fraction of sp³-hybridized carbons (Fsp3) is 0.241. The Balaban J connectivity index is 2.13. The molecule has 0 bridgehead atoms. The van der Waals surface area contributed by atoms with Crippen LogP contribution in [0.3, 0.4) is 0 Å². The molecule has 1 heterocycles. The number of hydrogen-bond donors (Lipinski definition) is 2. The highest BCUT2D eigenvalue weighted by molar-refractivity contribution is 7.94. The number of hydrogen-bond acceptors (Lipinski definition) is 16. The van der Waals surface area contributed by atoms with Gasteiger partial charge in [-0.25, -0.2) is 21.8 Å². The highest BCUT2D eigenvalue weighted by atomic mass is 32.2. The number of azo groups is 2. The van der Waals surface area contributed by atoms with Gasteiger partial charge < -0.3 is 9.80 Å². The number of aromatic nitrogens is 1. The number of rotatable bonds is 16. The van der Waals surface area contributed by atoms with Gasteiger partial charge in [0.2, 0.25) is 0 Å². The summed E-state index contributed by atoms with van der Waals surface area (Å²) in [6.45, 7) is 7.82. The second-order valence-corrected chi connectivity index (χ2v) is 17.6. The maximum Gasteiger partial charge on any atom is 0.296 e. The predicted molar refractivity (Wildman–Crippen MR) is 189 cm³/mol. The molecule has 0 saturated carbocycles. The molecule has 0 fully saturated rings. The third-order valence-corrected chi connectivity index (χ3v) is 11.3. The van der Waals surface area contributed by atoms with E-state index in [1.165, 1.54) is 49.0 Å². The Hall–Kier alpha value is -4.92. The van der Waals surface area contributed by atoms with Gasteiger partial charge in [-0.15, -0.1) is 10.2 Å². The summed E-state index contributed by atoms with van der Waals surface area (Å²) in [5.74, 6) is -0.693. The van der Waals surface area contributed by atoms with E-state index in [4.69, 9.17) is 4.55 Å². The molecule has 0 saturated heterocycles. The normalized spacial score (nSPS) is 12.5. The van der Waals surface area contributed by atoms with Crippen molar-refractivity contribution in [2.45, 2.75) is 16.7 Å². The van der Waals surface area contributed by atoms with Gasteiger partial charge in [0, 0.05) is 43.6 Å². The first kappa shape index (κ1) is 40.5. The molecule has 1 aromatic heterocycles. The standard InChI is InChI=1S/C29H32N8O10S4/c1-6-48(38,39)16-14-36(4)28-24(19-30)20(3)27(29(31-28)37(5)15-17-49(40,41)7-2)35-34-25-13-10-22(18-26(25)51(45,46)47)33-32-21-8-11-23(12-9-21)50(42,43)44/h6-13,18H,1-2,14-17H2,3-5H3,(H,42,43,44)(H,45,46,47)/b33-32+,35-34+. The van der Waals surface area contributed by atoms with E-state index in [9.17, 15) is 43.5 Å². The van der Waals surface area contributed by atoms with E-state index in [1.54, 1.807) is 0 Å². The van der Waals surface area contributed by atoms with Gasteiger partial charge in [-0.3, -0.25) is 9.11 Å². The highest BCUT2D eigenvalue weighted by Crippen LogP contribution is 2.39. The topological polar surface area (TPSA) is 270 Å². The van der Waals surface area contributed by atoms with Crippen molar-refractivity contribution in [1.29, 1.82) is 5.26 Å². The summed E-state index contributed by atoms with van der Waals surface area (Å²) in [5.41, 5.74) is -0.222. The molecule has 3 rings (SSSR count). The second kappa shape index (κ2) is 16.0. The Morgan fingerprint density at radius 1 is 0.765 bits per heavy atom. The van der Waals surface area contributed by atoms with E-state index in [-0.39, 0.29) is 75.0 Å². The third kappa shape index (κ3) is 10.8. The van der Waals surface area contributed by atoms with Crippen LogP contribution in [0.25, 0.3) is 0 Å². The summed E-state index contributed by atoms with van der Waals surface area (Å²) in [6.07, 6.45) is 0. The van der Waals surface area contributed by atoms with E-state index in [2.05, 4.69) is 38.6 Å². The Morgan fingerprint density at radius 2 is 1.27 bits per heavy atom. The fourth-order valence-electron chi connectivity index (χ4n) is 4.12. The SMILES string of the molecule is C=CS(=O)(=O)CCN(C)c1nc(N(C)CCS(=O)(=O)C=C)c(/N=N/c2ccc(/N=N/c3ccc(S(=O)(=O)O)cc3)cc2S(=O)(=O)O)c(C)c1C#N. The van der Waals surface area contributed by atoms with Crippen molar-refractivity contribution in [3.05, 3.63) is 77.6 Å². The zero-order valence-electron chi connectivity index (χ0n) is 27.3. The zero-order chi connectivity index (χ0) is 38.4. The molecule has 0 spiro atoms. The first-order chi connectivity index (χ1) is 23.6.